The fourth-order valence-electron chi connectivity index (χ4n) is 6.72. The van der Waals surface area contributed by atoms with E-state index >= 15 is 0 Å². The van der Waals surface area contributed by atoms with Crippen LogP contribution in [0.3, 0.4) is 0 Å². The number of rotatable bonds is 48. The van der Waals surface area contributed by atoms with Crippen molar-refractivity contribution in [2.45, 2.75) is 193 Å². The first kappa shape index (κ1) is 67.1. The Balaban J connectivity index is 4.03. The number of carbonyl (C=O) groups is 2. The third-order valence-electron chi connectivity index (χ3n) is 10.9. The summed E-state index contributed by atoms with van der Waals surface area (Å²) in [6.45, 7) is 4.20. The molecule has 0 saturated heterocycles. The highest BCUT2D eigenvalue weighted by molar-refractivity contribution is 7.47. The fraction of sp³-hybridized carbons (Fsp3) is 0.607. The molecule has 2 unspecified atom stereocenters. The van der Waals surface area contributed by atoms with Gasteiger partial charge in [0.2, 0.25) is 0 Å². The zero-order valence-corrected chi connectivity index (χ0v) is 46.3. The number of allylic oxidation sites excluding steroid dienone is 22. The number of ether oxygens (including phenoxy) is 2. The van der Waals surface area contributed by atoms with Crippen LogP contribution in [0.2, 0.25) is 0 Å². The molecule has 0 rings (SSSR count). The molecule has 0 fully saturated rings. The maximum Gasteiger partial charge on any atom is 0.472 e. The van der Waals surface area contributed by atoms with E-state index in [-0.39, 0.29) is 32.0 Å². The van der Waals surface area contributed by atoms with Crippen molar-refractivity contribution in [3.63, 3.8) is 0 Å². The first-order valence-electron chi connectivity index (χ1n) is 27.4. The van der Waals surface area contributed by atoms with Crippen LogP contribution in [0, 0.1) is 0 Å². The van der Waals surface area contributed by atoms with Gasteiger partial charge in [-0.05, 0) is 96.3 Å². The molecule has 0 spiro atoms. The molecule has 0 aromatic rings. The van der Waals surface area contributed by atoms with Crippen LogP contribution in [0.25, 0.3) is 0 Å². The molecule has 0 aliphatic rings. The molecule has 2 atom stereocenters. The van der Waals surface area contributed by atoms with Crippen LogP contribution in [0.5, 0.6) is 0 Å². The summed E-state index contributed by atoms with van der Waals surface area (Å²) in [5.74, 6) is -0.831. The highest BCUT2D eigenvalue weighted by Gasteiger charge is 2.27. The van der Waals surface area contributed by atoms with Crippen molar-refractivity contribution >= 4 is 19.8 Å². The average molecular weight is 1010 g/mol. The van der Waals surface area contributed by atoms with E-state index in [4.69, 9.17) is 18.5 Å². The van der Waals surface area contributed by atoms with E-state index in [0.717, 1.165) is 128 Å². The Morgan fingerprint density at radius 3 is 1.20 bits per heavy atom. The summed E-state index contributed by atoms with van der Waals surface area (Å²) in [4.78, 5) is 35.2. The summed E-state index contributed by atoms with van der Waals surface area (Å²) < 4.78 is 34.2. The fourth-order valence-corrected chi connectivity index (χ4v) is 7.46. The number of quaternary nitrogens is 1. The summed E-state index contributed by atoms with van der Waals surface area (Å²) >= 11 is 0. The first-order valence-corrected chi connectivity index (χ1v) is 28.9. The molecule has 1 N–H and O–H groups in total. The molecular weight excluding hydrogens is 906 g/mol. The van der Waals surface area contributed by atoms with Crippen LogP contribution in [-0.2, 0) is 32.7 Å². The van der Waals surface area contributed by atoms with Crippen LogP contribution in [0.4, 0.5) is 0 Å². The minimum atomic E-state index is -4.38. The van der Waals surface area contributed by atoms with E-state index in [2.05, 4.69) is 148 Å². The van der Waals surface area contributed by atoms with Crippen LogP contribution in [0.15, 0.2) is 134 Å². The Labute approximate surface area is 434 Å². The number of unbranched alkanes of at least 4 members (excludes halogenated alkanes) is 12. The largest absolute Gasteiger partial charge is 0.472 e. The molecule has 9 nitrogen and oxygen atoms in total. The Kier molecular flexibility index (Phi) is 48.3. The van der Waals surface area contributed by atoms with Gasteiger partial charge in [0.05, 0.1) is 27.7 Å². The number of carbonyl (C=O) groups excluding carboxylic acids is 2. The number of phosphoric ester groups is 1. The van der Waals surface area contributed by atoms with Crippen molar-refractivity contribution in [2.24, 2.45) is 0 Å². The lowest BCUT2D eigenvalue weighted by Gasteiger charge is -2.24. The standard InChI is InChI=1S/C61H100NO8P/c1-6-8-10-12-14-15-16-17-18-19-20-21-22-23-24-25-26-27-28-29-30-31-32-33-34-35-36-37-38-39-40-41-42-43-44-45-46-47-48-50-52-54-61(64)70-59(57-67-60(63)53-51-49-13-11-9-7-2)58-69-71(65,66)68-56-55-62(3,4)5/h8,10,14-15,17-18,20-21,23-24,26-27,29-30,32-33,35-36,38-39,41-42,59H,6-7,9,11-13,16,19,22,25,28,31,34,37,40,43-58H2,1-5H3/p+1/b10-8-,15-14-,18-17-,21-20-,24-23-,27-26-,30-29-,33-32-,36-35-,39-38-,42-41-. The van der Waals surface area contributed by atoms with Crippen molar-refractivity contribution in [1.82, 2.24) is 0 Å². The van der Waals surface area contributed by atoms with Crippen LogP contribution in [0.1, 0.15) is 187 Å². The normalized spacial score (nSPS) is 14.4. The first-order chi connectivity index (χ1) is 34.5. The van der Waals surface area contributed by atoms with Crippen LogP contribution in [-0.4, -0.2) is 74.9 Å². The van der Waals surface area contributed by atoms with Gasteiger partial charge in [-0.15, -0.1) is 0 Å². The lowest BCUT2D eigenvalue weighted by molar-refractivity contribution is -0.870. The molecule has 0 aliphatic heterocycles. The summed E-state index contributed by atoms with van der Waals surface area (Å²) in [7, 11) is 1.45. The molecule has 0 radical (unpaired) electrons. The Bertz CT molecular complexity index is 1660. The monoisotopic (exact) mass is 1010 g/mol. The van der Waals surface area contributed by atoms with Crippen LogP contribution < -0.4 is 0 Å². The third-order valence-corrected chi connectivity index (χ3v) is 11.9. The second kappa shape index (κ2) is 51.1. The van der Waals surface area contributed by atoms with E-state index in [1.54, 1.807) is 0 Å². The minimum absolute atomic E-state index is 0.0236. The van der Waals surface area contributed by atoms with Gasteiger partial charge in [0, 0.05) is 12.8 Å². The van der Waals surface area contributed by atoms with Gasteiger partial charge < -0.3 is 18.9 Å². The second-order valence-electron chi connectivity index (χ2n) is 18.9. The molecule has 0 amide bonds. The van der Waals surface area contributed by atoms with E-state index < -0.39 is 26.5 Å². The summed E-state index contributed by atoms with van der Waals surface area (Å²) in [5, 5.41) is 0. The van der Waals surface area contributed by atoms with Crippen molar-refractivity contribution in [3.8, 4) is 0 Å². The Morgan fingerprint density at radius 1 is 0.451 bits per heavy atom. The van der Waals surface area contributed by atoms with Gasteiger partial charge in [0.15, 0.2) is 6.10 Å². The van der Waals surface area contributed by atoms with Gasteiger partial charge in [-0.25, -0.2) is 4.57 Å². The van der Waals surface area contributed by atoms with Gasteiger partial charge in [-0.2, -0.15) is 0 Å². The lowest BCUT2D eigenvalue weighted by Crippen LogP contribution is -2.37. The van der Waals surface area contributed by atoms with Gasteiger partial charge in [-0.3, -0.25) is 18.6 Å². The molecule has 0 aromatic heterocycles. The summed E-state index contributed by atoms with van der Waals surface area (Å²) in [5.41, 5.74) is 0. The van der Waals surface area contributed by atoms with Gasteiger partial charge in [0.1, 0.15) is 19.8 Å². The molecular formula is C61H101NO8P+. The highest BCUT2D eigenvalue weighted by Crippen LogP contribution is 2.43. The average Bonchev–Trinajstić information content (AvgIpc) is 3.33. The molecule has 71 heavy (non-hydrogen) atoms. The predicted molar refractivity (Wildman–Crippen MR) is 302 cm³/mol. The molecule has 0 saturated carbocycles. The van der Waals surface area contributed by atoms with Crippen molar-refractivity contribution in [3.05, 3.63) is 134 Å². The van der Waals surface area contributed by atoms with Crippen molar-refractivity contribution in [2.75, 3.05) is 47.5 Å². The predicted octanol–water partition coefficient (Wildman–Crippen LogP) is 17.0. The second-order valence-corrected chi connectivity index (χ2v) is 20.3. The van der Waals surface area contributed by atoms with E-state index in [1.807, 2.05) is 21.1 Å². The molecule has 0 aromatic carbocycles. The number of likely N-dealkylation sites (N-methyl/N-ethyl adjacent to an activating group) is 1. The quantitative estimate of drug-likeness (QED) is 0.0211. The number of hydrogen-bond donors (Lipinski definition) is 1. The molecule has 0 bridgehead atoms. The number of nitrogens with zero attached hydrogens (tertiary/aromatic N) is 1. The Morgan fingerprint density at radius 2 is 0.803 bits per heavy atom. The number of hydrogen-bond acceptors (Lipinski definition) is 7. The summed E-state index contributed by atoms with van der Waals surface area (Å²) in [6, 6.07) is 0. The van der Waals surface area contributed by atoms with Crippen LogP contribution >= 0.6 is 7.82 Å². The number of phosphoric acid groups is 1. The smallest absolute Gasteiger partial charge is 0.462 e. The molecule has 0 aliphatic carbocycles. The van der Waals surface area contributed by atoms with Crippen molar-refractivity contribution < 1.29 is 42.1 Å². The maximum atomic E-state index is 12.7. The van der Waals surface area contributed by atoms with E-state index in [9.17, 15) is 19.0 Å². The number of esters is 2. The minimum Gasteiger partial charge on any atom is -0.462 e. The summed E-state index contributed by atoms with van der Waals surface area (Å²) in [6.07, 6.45) is 74.3. The topological polar surface area (TPSA) is 108 Å². The zero-order chi connectivity index (χ0) is 52.0. The Hall–Kier alpha value is -3.85. The molecule has 10 heteroatoms. The molecule has 402 valence electrons. The zero-order valence-electron chi connectivity index (χ0n) is 45.4. The lowest BCUT2D eigenvalue weighted by atomic mass is 10.1. The SMILES string of the molecule is CC/C=C\C/C=C\C/C=C\C/C=C\C/C=C\C/C=C\C/C=C\C/C=C\C/C=C\C/C=C\C/C=C\CCCCCCCCCC(=O)OC(COC(=O)CCCCCCCC)COP(=O)(O)OCC[N+](C)(C)C. The molecule has 0 heterocycles. The van der Waals surface area contributed by atoms with E-state index in [1.165, 1.54) is 25.7 Å². The van der Waals surface area contributed by atoms with Crippen molar-refractivity contribution in [1.29, 1.82) is 0 Å². The van der Waals surface area contributed by atoms with E-state index in [0.29, 0.717) is 17.4 Å². The van der Waals surface area contributed by atoms with Gasteiger partial charge in [-0.1, -0.05) is 212 Å². The van der Waals surface area contributed by atoms with Gasteiger partial charge in [0.25, 0.3) is 0 Å². The maximum absolute atomic E-state index is 12.7. The third kappa shape index (κ3) is 55.3. The van der Waals surface area contributed by atoms with Gasteiger partial charge >= 0.3 is 19.8 Å². The highest BCUT2D eigenvalue weighted by atomic mass is 31.2.